The van der Waals surface area contributed by atoms with Crippen molar-refractivity contribution in [1.82, 2.24) is 14.4 Å². The van der Waals surface area contributed by atoms with E-state index in [4.69, 9.17) is 21.9 Å². The average Bonchev–Trinajstić information content (AvgIpc) is 3.26. The monoisotopic (exact) mass is 451 g/mol. The number of nitrogens with zero attached hydrogens (tertiary/aromatic N) is 4. The van der Waals surface area contributed by atoms with Crippen LogP contribution in [0.4, 0.5) is 0 Å². The molecule has 0 radical (unpaired) electrons. The van der Waals surface area contributed by atoms with Crippen LogP contribution in [-0.4, -0.2) is 41.6 Å². The summed E-state index contributed by atoms with van der Waals surface area (Å²) in [5.74, 6) is 0.716. The van der Waals surface area contributed by atoms with E-state index in [1.54, 1.807) is 13.8 Å². The number of aliphatic imine (C=N–C) groups is 1. The van der Waals surface area contributed by atoms with E-state index in [0.29, 0.717) is 21.6 Å². The van der Waals surface area contributed by atoms with Gasteiger partial charge in [0.15, 0.2) is 5.82 Å². The first-order chi connectivity index (χ1) is 13.6. The lowest BCUT2D eigenvalue weighted by molar-refractivity contribution is 0.425. The smallest absolute Gasteiger partial charge is 0.257 e. The second kappa shape index (κ2) is 6.82. The zero-order valence-electron chi connectivity index (χ0n) is 15.9. The van der Waals surface area contributed by atoms with Gasteiger partial charge in [-0.05, 0) is 37.6 Å². The molecule has 1 aromatic carbocycles. The van der Waals surface area contributed by atoms with Gasteiger partial charge in [-0.2, -0.15) is 4.98 Å². The highest BCUT2D eigenvalue weighted by Gasteiger charge is 2.42. The quantitative estimate of drug-likeness (QED) is 0.653. The molecule has 1 atom stereocenters. The molecule has 2 aromatic heterocycles. The molecule has 3 heterocycles. The summed E-state index contributed by atoms with van der Waals surface area (Å²) in [6.07, 6.45) is 0. The van der Waals surface area contributed by atoms with Gasteiger partial charge >= 0.3 is 0 Å². The lowest BCUT2D eigenvalue weighted by Gasteiger charge is -2.33. The zero-order chi connectivity index (χ0) is 21.0. The van der Waals surface area contributed by atoms with Crippen LogP contribution in [-0.2, 0) is 15.6 Å². The highest BCUT2D eigenvalue weighted by atomic mass is 35.5. The number of nitrogens with two attached hydrogens (primary N) is 1. The van der Waals surface area contributed by atoms with Gasteiger partial charge < -0.3 is 10.3 Å². The van der Waals surface area contributed by atoms with Crippen molar-refractivity contribution < 1.29 is 12.9 Å². The minimum atomic E-state index is -3.58. The maximum absolute atomic E-state index is 12.5. The van der Waals surface area contributed by atoms with Gasteiger partial charge in [0.05, 0.1) is 15.7 Å². The highest BCUT2D eigenvalue weighted by Crippen LogP contribution is 2.44. The van der Waals surface area contributed by atoms with E-state index in [-0.39, 0.29) is 11.7 Å². The predicted molar refractivity (Wildman–Crippen MR) is 113 cm³/mol. The Balaban J connectivity index is 1.76. The molecule has 2 N–H and O–H groups in total. The molecule has 0 fully saturated rings. The number of sulfonamides is 1. The molecule has 1 unspecified atom stereocenters. The Morgan fingerprint density at radius 2 is 2.03 bits per heavy atom. The highest BCUT2D eigenvalue weighted by molar-refractivity contribution is 7.89. The van der Waals surface area contributed by atoms with E-state index < -0.39 is 15.6 Å². The molecule has 8 nitrogen and oxygen atoms in total. The molecular weight excluding hydrogens is 434 g/mol. The van der Waals surface area contributed by atoms with Crippen LogP contribution in [0.5, 0.6) is 0 Å². The summed E-state index contributed by atoms with van der Waals surface area (Å²) >= 11 is 7.89. The van der Waals surface area contributed by atoms with Gasteiger partial charge in [-0.25, -0.2) is 17.7 Å². The molecule has 0 bridgehead atoms. The van der Waals surface area contributed by atoms with Crippen molar-refractivity contribution in [2.24, 2.45) is 10.7 Å². The van der Waals surface area contributed by atoms with Crippen molar-refractivity contribution in [2.45, 2.75) is 19.4 Å². The second-order valence-electron chi connectivity index (χ2n) is 6.98. The second-order valence-corrected chi connectivity index (χ2v) is 10.4. The third-order valence-corrected chi connectivity index (χ3v) is 8.46. The number of halogens is 1. The minimum absolute atomic E-state index is 0.0569. The predicted octanol–water partition coefficient (Wildman–Crippen LogP) is 3.23. The molecule has 0 saturated heterocycles. The molecule has 152 valence electrons. The van der Waals surface area contributed by atoms with Crippen molar-refractivity contribution >= 4 is 38.9 Å². The number of hydrogen-bond acceptors (Lipinski definition) is 8. The minimum Gasteiger partial charge on any atom is -0.369 e. The third-order valence-electron chi connectivity index (χ3n) is 4.66. The normalized spacial score (nSPS) is 21.2. The standard InChI is InChI=1S/C18H18ClN5O3S2/c1-10-21-16(27-23-10)12-6-4-5-11(7-12)14-8-13(19)15(28-14)18(2)9-29(25,26)24(3)17(20)22-18/h4-8H,9H2,1-3H3,(H2,20,22). The van der Waals surface area contributed by atoms with Crippen molar-refractivity contribution in [2.75, 3.05) is 12.8 Å². The van der Waals surface area contributed by atoms with Gasteiger partial charge in [-0.1, -0.05) is 28.9 Å². The Morgan fingerprint density at radius 3 is 2.69 bits per heavy atom. The maximum Gasteiger partial charge on any atom is 0.257 e. The lowest BCUT2D eigenvalue weighted by Crippen LogP contribution is -2.50. The number of thiophene rings is 1. The third kappa shape index (κ3) is 3.52. The number of rotatable bonds is 3. The van der Waals surface area contributed by atoms with Crippen molar-refractivity contribution in [3.05, 3.63) is 46.1 Å². The van der Waals surface area contributed by atoms with Gasteiger partial charge in [-0.3, -0.25) is 0 Å². The van der Waals surface area contributed by atoms with E-state index in [2.05, 4.69) is 15.1 Å². The molecule has 1 aliphatic rings. The van der Waals surface area contributed by atoms with Gasteiger partial charge in [0.1, 0.15) is 5.54 Å². The Labute approximate surface area is 177 Å². The summed E-state index contributed by atoms with van der Waals surface area (Å²) in [7, 11) is -2.19. The van der Waals surface area contributed by atoms with Crippen molar-refractivity contribution in [1.29, 1.82) is 0 Å². The van der Waals surface area contributed by atoms with Crippen LogP contribution in [0.25, 0.3) is 21.9 Å². The Bertz CT molecular complexity index is 1230. The first-order valence-electron chi connectivity index (χ1n) is 8.62. The molecule has 0 saturated carbocycles. The number of hydrogen-bond donors (Lipinski definition) is 1. The number of aryl methyl sites for hydroxylation is 1. The van der Waals surface area contributed by atoms with Crippen molar-refractivity contribution in [3.63, 3.8) is 0 Å². The summed E-state index contributed by atoms with van der Waals surface area (Å²) in [4.78, 5) is 10.2. The van der Waals surface area contributed by atoms with Gasteiger partial charge in [0.25, 0.3) is 5.89 Å². The summed E-state index contributed by atoms with van der Waals surface area (Å²) in [6.45, 7) is 3.48. The van der Waals surface area contributed by atoms with Crippen LogP contribution in [0.1, 0.15) is 17.6 Å². The van der Waals surface area contributed by atoms with Crippen LogP contribution in [0.15, 0.2) is 39.8 Å². The largest absolute Gasteiger partial charge is 0.369 e. The Morgan fingerprint density at radius 1 is 1.31 bits per heavy atom. The molecule has 3 aromatic rings. The van der Waals surface area contributed by atoms with Crippen LogP contribution in [0, 0.1) is 6.92 Å². The molecular formula is C18H18ClN5O3S2. The van der Waals surface area contributed by atoms with Crippen LogP contribution >= 0.6 is 22.9 Å². The van der Waals surface area contributed by atoms with E-state index >= 15 is 0 Å². The SMILES string of the molecule is Cc1noc(-c2cccc(-c3cc(Cl)c(C4(C)CS(=O)(=O)N(C)C(N)=N4)s3)c2)n1. The summed E-state index contributed by atoms with van der Waals surface area (Å²) < 4.78 is 31.2. The molecule has 1 aliphatic heterocycles. The molecule has 29 heavy (non-hydrogen) atoms. The first kappa shape index (κ1) is 19.9. The van der Waals surface area contributed by atoms with Crippen LogP contribution in [0.3, 0.4) is 0 Å². The summed E-state index contributed by atoms with van der Waals surface area (Å²) in [6, 6.07) is 9.42. The van der Waals surface area contributed by atoms with Gasteiger partial charge in [0.2, 0.25) is 16.0 Å². The van der Waals surface area contributed by atoms with Crippen LogP contribution < -0.4 is 5.73 Å². The summed E-state index contributed by atoms with van der Waals surface area (Å²) in [5, 5.41) is 4.27. The Hall–Kier alpha value is -2.43. The lowest BCUT2D eigenvalue weighted by atomic mass is 10.0. The van der Waals surface area contributed by atoms with Gasteiger partial charge in [-0.15, -0.1) is 11.3 Å². The topological polar surface area (TPSA) is 115 Å². The van der Waals surface area contributed by atoms with E-state index in [1.807, 2.05) is 30.3 Å². The summed E-state index contributed by atoms with van der Waals surface area (Å²) in [5.41, 5.74) is 6.48. The molecule has 0 aliphatic carbocycles. The first-order valence-corrected chi connectivity index (χ1v) is 11.4. The Kier molecular flexibility index (Phi) is 4.67. The van der Waals surface area contributed by atoms with E-state index in [9.17, 15) is 8.42 Å². The van der Waals surface area contributed by atoms with E-state index in [0.717, 1.165) is 20.3 Å². The van der Waals surface area contributed by atoms with Crippen LogP contribution in [0.2, 0.25) is 5.02 Å². The van der Waals surface area contributed by atoms with E-state index in [1.165, 1.54) is 18.4 Å². The molecule has 11 heteroatoms. The fourth-order valence-corrected chi connectivity index (χ4v) is 6.32. The number of benzene rings is 1. The fraction of sp³-hybridized carbons (Fsp3) is 0.278. The van der Waals surface area contributed by atoms with Gasteiger partial charge in [0, 0.05) is 17.5 Å². The number of aromatic nitrogens is 2. The molecule has 4 rings (SSSR count). The maximum atomic E-state index is 12.5. The fourth-order valence-electron chi connectivity index (χ4n) is 3.16. The molecule has 0 spiro atoms. The number of guanidine groups is 1. The molecule has 0 amide bonds. The zero-order valence-corrected chi connectivity index (χ0v) is 18.3. The van der Waals surface area contributed by atoms with Crippen molar-refractivity contribution in [3.8, 4) is 21.9 Å². The average molecular weight is 452 g/mol.